The molecule has 0 saturated heterocycles. The van der Waals surface area contributed by atoms with Gasteiger partial charge in [-0.05, 0) is 42.0 Å². The lowest BCUT2D eigenvalue weighted by Crippen LogP contribution is -2.41. The number of ether oxygens (including phenoxy) is 1. The van der Waals surface area contributed by atoms with Gasteiger partial charge in [0.1, 0.15) is 12.4 Å². The van der Waals surface area contributed by atoms with E-state index in [-0.39, 0.29) is 11.9 Å². The van der Waals surface area contributed by atoms with Crippen molar-refractivity contribution in [2.45, 2.75) is 32.9 Å². The van der Waals surface area contributed by atoms with Gasteiger partial charge in [0.25, 0.3) is 5.91 Å². The third kappa shape index (κ3) is 5.69. The fourth-order valence-electron chi connectivity index (χ4n) is 2.33. The average Bonchev–Trinajstić information content (AvgIpc) is 3.05. The molecule has 0 aliphatic carbocycles. The number of carbonyl (C=O) groups excluding carboxylic acids is 1. The van der Waals surface area contributed by atoms with E-state index in [0.29, 0.717) is 30.4 Å². The van der Waals surface area contributed by atoms with Crippen molar-refractivity contribution in [3.8, 4) is 5.75 Å². The summed E-state index contributed by atoms with van der Waals surface area (Å²) in [6, 6.07) is 11.3. The first-order valence-electron chi connectivity index (χ1n) is 7.84. The van der Waals surface area contributed by atoms with E-state index >= 15 is 0 Å². The fourth-order valence-corrected chi connectivity index (χ4v) is 2.94. The van der Waals surface area contributed by atoms with Crippen molar-refractivity contribution in [3.05, 3.63) is 52.2 Å². The Morgan fingerprint density at radius 3 is 2.78 bits per heavy atom. The summed E-state index contributed by atoms with van der Waals surface area (Å²) < 4.78 is 5.74. The lowest BCUT2D eigenvalue weighted by atomic mass is 10.0. The molecule has 23 heavy (non-hydrogen) atoms. The zero-order chi connectivity index (χ0) is 16.7. The number of nitrogens with one attached hydrogen (secondary N) is 1. The third-order valence-electron chi connectivity index (χ3n) is 3.43. The summed E-state index contributed by atoms with van der Waals surface area (Å²) in [4.78, 5) is 13.5. The van der Waals surface area contributed by atoms with Crippen LogP contribution < -0.4 is 15.8 Å². The first-order chi connectivity index (χ1) is 11.1. The summed E-state index contributed by atoms with van der Waals surface area (Å²) in [6.07, 6.45) is 0.872. The Bertz CT molecular complexity index is 611. The van der Waals surface area contributed by atoms with Crippen molar-refractivity contribution < 1.29 is 9.53 Å². The Labute approximate surface area is 141 Å². The lowest BCUT2D eigenvalue weighted by molar-refractivity contribution is 0.0933. The molecule has 1 atom stereocenters. The van der Waals surface area contributed by atoms with Crippen molar-refractivity contribution in [1.82, 2.24) is 5.32 Å². The Balaban J connectivity index is 1.96. The number of nitrogens with two attached hydrogens (primary N) is 1. The summed E-state index contributed by atoms with van der Waals surface area (Å²) in [7, 11) is 0. The molecule has 0 saturated carbocycles. The number of carbonyl (C=O) groups is 1. The summed E-state index contributed by atoms with van der Waals surface area (Å²) >= 11 is 1.65. The fraction of sp³-hybridized carbons (Fsp3) is 0.389. The average molecular weight is 332 g/mol. The van der Waals surface area contributed by atoms with Crippen LogP contribution in [-0.4, -0.2) is 18.5 Å². The van der Waals surface area contributed by atoms with Crippen LogP contribution in [0.4, 0.5) is 0 Å². The van der Waals surface area contributed by atoms with Gasteiger partial charge in [-0.15, -0.1) is 11.3 Å². The summed E-state index contributed by atoms with van der Waals surface area (Å²) in [5, 5.41) is 5.01. The van der Waals surface area contributed by atoms with E-state index in [9.17, 15) is 4.79 Å². The minimum absolute atomic E-state index is 0.00167. The quantitative estimate of drug-likeness (QED) is 0.778. The minimum Gasteiger partial charge on any atom is -0.488 e. The van der Waals surface area contributed by atoms with Crippen molar-refractivity contribution in [2.24, 2.45) is 11.7 Å². The Kier molecular flexibility index (Phi) is 6.62. The molecule has 0 bridgehead atoms. The highest BCUT2D eigenvalue weighted by molar-refractivity contribution is 7.09. The van der Waals surface area contributed by atoms with Crippen LogP contribution >= 0.6 is 11.3 Å². The van der Waals surface area contributed by atoms with Gasteiger partial charge in [0.15, 0.2) is 0 Å². The topological polar surface area (TPSA) is 64.3 Å². The molecule has 1 amide bonds. The van der Waals surface area contributed by atoms with Crippen LogP contribution in [-0.2, 0) is 6.61 Å². The maximum absolute atomic E-state index is 12.4. The molecular weight excluding hydrogens is 308 g/mol. The van der Waals surface area contributed by atoms with Gasteiger partial charge in [-0.25, -0.2) is 0 Å². The van der Waals surface area contributed by atoms with Crippen LogP contribution in [0.5, 0.6) is 5.75 Å². The van der Waals surface area contributed by atoms with E-state index in [4.69, 9.17) is 10.5 Å². The highest BCUT2D eigenvalue weighted by Crippen LogP contribution is 2.17. The first kappa shape index (κ1) is 17.5. The van der Waals surface area contributed by atoms with Crippen molar-refractivity contribution in [1.29, 1.82) is 0 Å². The highest BCUT2D eigenvalue weighted by Gasteiger charge is 2.14. The molecule has 2 aromatic rings. The van der Waals surface area contributed by atoms with Gasteiger partial charge in [-0.3, -0.25) is 4.79 Å². The predicted octanol–water partition coefficient (Wildman–Crippen LogP) is 3.43. The van der Waals surface area contributed by atoms with Crippen LogP contribution in [0.25, 0.3) is 0 Å². The number of hydrogen-bond acceptors (Lipinski definition) is 4. The number of benzene rings is 1. The van der Waals surface area contributed by atoms with Crippen molar-refractivity contribution in [2.75, 3.05) is 6.54 Å². The smallest absolute Gasteiger partial charge is 0.251 e. The molecular formula is C18H24N2O2S. The lowest BCUT2D eigenvalue weighted by Gasteiger charge is -2.19. The molecule has 2 rings (SSSR count). The van der Waals surface area contributed by atoms with Gasteiger partial charge in [0.2, 0.25) is 0 Å². The van der Waals surface area contributed by atoms with E-state index < -0.39 is 0 Å². The maximum atomic E-state index is 12.4. The maximum Gasteiger partial charge on any atom is 0.251 e. The minimum atomic E-state index is -0.109. The number of rotatable bonds is 8. The van der Waals surface area contributed by atoms with Crippen LogP contribution in [0.2, 0.25) is 0 Å². The van der Waals surface area contributed by atoms with Gasteiger partial charge in [0, 0.05) is 23.0 Å². The van der Waals surface area contributed by atoms with Crippen LogP contribution in [0.15, 0.2) is 41.8 Å². The highest BCUT2D eigenvalue weighted by atomic mass is 32.1. The van der Waals surface area contributed by atoms with Gasteiger partial charge in [-0.2, -0.15) is 0 Å². The molecule has 5 heteroatoms. The Hall–Kier alpha value is -1.85. The van der Waals surface area contributed by atoms with Crippen LogP contribution in [0.3, 0.4) is 0 Å². The second-order valence-corrected chi connectivity index (χ2v) is 6.96. The second kappa shape index (κ2) is 8.70. The summed E-state index contributed by atoms with van der Waals surface area (Å²) in [6.45, 7) is 5.20. The molecule has 0 spiro atoms. The van der Waals surface area contributed by atoms with E-state index in [1.54, 1.807) is 23.5 Å². The molecule has 1 aromatic heterocycles. The number of hydrogen-bond donors (Lipinski definition) is 2. The Morgan fingerprint density at radius 2 is 2.13 bits per heavy atom. The van der Waals surface area contributed by atoms with Crippen molar-refractivity contribution >= 4 is 17.2 Å². The van der Waals surface area contributed by atoms with Gasteiger partial charge in [0.05, 0.1) is 0 Å². The van der Waals surface area contributed by atoms with Gasteiger partial charge < -0.3 is 15.8 Å². The van der Waals surface area contributed by atoms with Crippen LogP contribution in [0, 0.1) is 5.92 Å². The second-order valence-electron chi connectivity index (χ2n) is 5.93. The molecule has 0 fully saturated rings. The largest absolute Gasteiger partial charge is 0.488 e. The molecule has 1 heterocycles. The molecule has 1 unspecified atom stereocenters. The molecule has 4 nitrogen and oxygen atoms in total. The zero-order valence-corrected chi connectivity index (χ0v) is 14.4. The van der Waals surface area contributed by atoms with E-state index in [1.165, 1.54) is 0 Å². The van der Waals surface area contributed by atoms with E-state index in [0.717, 1.165) is 11.3 Å². The standard InChI is InChI=1S/C18H24N2O2S/c1-13(2)9-15(11-19)20-18(21)14-5-3-6-16(10-14)22-12-17-7-4-8-23-17/h3-8,10,13,15H,9,11-12,19H2,1-2H3,(H,20,21). The SMILES string of the molecule is CC(C)CC(CN)NC(=O)c1cccc(OCc2cccs2)c1. The number of amides is 1. The Morgan fingerprint density at radius 1 is 1.30 bits per heavy atom. The summed E-state index contributed by atoms with van der Waals surface area (Å²) in [5.74, 6) is 1.08. The molecule has 0 aliphatic heterocycles. The van der Waals surface area contributed by atoms with E-state index in [2.05, 4.69) is 19.2 Å². The monoisotopic (exact) mass is 332 g/mol. The van der Waals surface area contributed by atoms with Gasteiger partial charge >= 0.3 is 0 Å². The third-order valence-corrected chi connectivity index (χ3v) is 4.28. The molecule has 1 aromatic carbocycles. The van der Waals surface area contributed by atoms with E-state index in [1.807, 2.05) is 29.6 Å². The van der Waals surface area contributed by atoms with Crippen molar-refractivity contribution in [3.63, 3.8) is 0 Å². The van der Waals surface area contributed by atoms with Crippen LogP contribution in [0.1, 0.15) is 35.5 Å². The molecule has 124 valence electrons. The number of thiophene rings is 1. The zero-order valence-electron chi connectivity index (χ0n) is 13.6. The molecule has 3 N–H and O–H groups in total. The molecule has 0 radical (unpaired) electrons. The predicted molar refractivity (Wildman–Crippen MR) is 94.9 cm³/mol. The first-order valence-corrected chi connectivity index (χ1v) is 8.72. The normalized spacial score (nSPS) is 12.2. The van der Waals surface area contributed by atoms with Gasteiger partial charge in [-0.1, -0.05) is 26.0 Å². The summed E-state index contributed by atoms with van der Waals surface area (Å²) in [5.41, 5.74) is 6.33. The molecule has 0 aliphatic rings.